The fraction of sp³-hybridized carbons (Fsp3) is 0.182. The molecule has 1 heterocycles. The molecule has 0 radical (unpaired) electrons. The van der Waals surface area contributed by atoms with Gasteiger partial charge in [-0.3, -0.25) is 14.4 Å². The topological polar surface area (TPSA) is 73.0 Å². The van der Waals surface area contributed by atoms with Gasteiger partial charge in [0.1, 0.15) is 12.4 Å². The number of hydrogen-bond acceptors (Lipinski definition) is 4. The standard InChI is InChI=1S/C33H30ClFN4O3/c34-29-12-6-4-10-27(29)32(41)39(22-24-8-2-1-3-9-24)23-31(40)36-25-14-16-26(17-15-25)37-18-20-38(21-19-37)33(42)28-11-5-7-13-30(28)35/h1-17H,18-23H2,(H,36,40). The number of nitrogens with one attached hydrogen (secondary N) is 1. The number of anilines is 2. The van der Waals surface area contributed by atoms with Crippen LogP contribution in [0.5, 0.6) is 0 Å². The van der Waals surface area contributed by atoms with E-state index in [-0.39, 0.29) is 36.4 Å². The first-order valence-electron chi connectivity index (χ1n) is 13.7. The van der Waals surface area contributed by atoms with Gasteiger partial charge in [0, 0.05) is 44.1 Å². The van der Waals surface area contributed by atoms with Gasteiger partial charge in [0.25, 0.3) is 11.8 Å². The molecule has 5 rings (SSSR count). The van der Waals surface area contributed by atoms with Crippen molar-refractivity contribution in [2.75, 3.05) is 42.9 Å². The summed E-state index contributed by atoms with van der Waals surface area (Å²) in [6, 6.07) is 29.7. The van der Waals surface area contributed by atoms with Crippen molar-refractivity contribution in [3.63, 3.8) is 0 Å². The molecule has 1 saturated heterocycles. The molecule has 42 heavy (non-hydrogen) atoms. The number of rotatable bonds is 8. The Hall–Kier alpha value is -4.69. The molecular formula is C33H30ClFN4O3. The summed E-state index contributed by atoms with van der Waals surface area (Å²) in [6.45, 7) is 2.25. The molecule has 1 aliphatic rings. The predicted molar refractivity (Wildman–Crippen MR) is 162 cm³/mol. The minimum Gasteiger partial charge on any atom is -0.368 e. The quantitative estimate of drug-likeness (QED) is 0.287. The predicted octanol–water partition coefficient (Wildman–Crippen LogP) is 5.72. The molecule has 0 aromatic heterocycles. The highest BCUT2D eigenvalue weighted by Crippen LogP contribution is 2.22. The number of carbonyl (C=O) groups excluding carboxylic acids is 3. The Bertz CT molecular complexity index is 1560. The third-order valence-corrected chi connectivity index (χ3v) is 7.46. The number of hydrogen-bond donors (Lipinski definition) is 1. The van der Waals surface area contributed by atoms with Crippen LogP contribution < -0.4 is 10.2 Å². The molecule has 0 unspecified atom stereocenters. The van der Waals surface area contributed by atoms with Gasteiger partial charge >= 0.3 is 0 Å². The molecule has 1 aliphatic heterocycles. The normalized spacial score (nSPS) is 13.0. The van der Waals surface area contributed by atoms with Gasteiger partial charge in [0.2, 0.25) is 5.91 Å². The van der Waals surface area contributed by atoms with Crippen molar-refractivity contribution in [1.29, 1.82) is 0 Å². The van der Waals surface area contributed by atoms with E-state index < -0.39 is 5.82 Å². The van der Waals surface area contributed by atoms with Gasteiger partial charge in [-0.15, -0.1) is 0 Å². The summed E-state index contributed by atoms with van der Waals surface area (Å²) in [5, 5.41) is 3.21. The van der Waals surface area contributed by atoms with Gasteiger partial charge in [-0.05, 0) is 54.1 Å². The molecular weight excluding hydrogens is 555 g/mol. The lowest BCUT2D eigenvalue weighted by atomic mass is 10.1. The number of piperazine rings is 1. The largest absolute Gasteiger partial charge is 0.368 e. The number of halogens is 2. The first kappa shape index (κ1) is 28.8. The summed E-state index contributed by atoms with van der Waals surface area (Å²) in [6.07, 6.45) is 0. The van der Waals surface area contributed by atoms with E-state index in [0.717, 1.165) is 11.3 Å². The van der Waals surface area contributed by atoms with E-state index in [9.17, 15) is 18.8 Å². The summed E-state index contributed by atoms with van der Waals surface area (Å²) >= 11 is 6.28. The van der Waals surface area contributed by atoms with Crippen LogP contribution in [0.4, 0.5) is 15.8 Å². The lowest BCUT2D eigenvalue weighted by molar-refractivity contribution is -0.117. The molecule has 214 valence electrons. The van der Waals surface area contributed by atoms with Crippen LogP contribution in [0.2, 0.25) is 5.02 Å². The third-order valence-electron chi connectivity index (χ3n) is 7.13. The molecule has 1 fully saturated rings. The molecule has 0 atom stereocenters. The highest BCUT2D eigenvalue weighted by Gasteiger charge is 2.25. The van der Waals surface area contributed by atoms with E-state index in [2.05, 4.69) is 10.2 Å². The summed E-state index contributed by atoms with van der Waals surface area (Å²) in [7, 11) is 0. The lowest BCUT2D eigenvalue weighted by Gasteiger charge is -2.36. The SMILES string of the molecule is O=C(CN(Cc1ccccc1)C(=O)c1ccccc1Cl)Nc1ccc(N2CCN(C(=O)c3ccccc3F)CC2)cc1. The van der Waals surface area contributed by atoms with Gasteiger partial charge in [-0.2, -0.15) is 0 Å². The van der Waals surface area contributed by atoms with Crippen molar-refractivity contribution in [2.45, 2.75) is 6.54 Å². The average molecular weight is 585 g/mol. The van der Waals surface area contributed by atoms with Gasteiger partial charge in [0.15, 0.2) is 0 Å². The second kappa shape index (κ2) is 13.3. The monoisotopic (exact) mass is 584 g/mol. The molecule has 3 amide bonds. The van der Waals surface area contributed by atoms with Crippen molar-refractivity contribution >= 4 is 40.7 Å². The zero-order valence-electron chi connectivity index (χ0n) is 22.9. The highest BCUT2D eigenvalue weighted by molar-refractivity contribution is 6.33. The zero-order valence-corrected chi connectivity index (χ0v) is 23.6. The number of nitrogens with zero attached hydrogens (tertiary/aromatic N) is 3. The smallest absolute Gasteiger partial charge is 0.256 e. The molecule has 4 aromatic rings. The molecule has 1 N–H and O–H groups in total. The summed E-state index contributed by atoms with van der Waals surface area (Å²) < 4.78 is 14.1. The number of benzene rings is 4. The minimum atomic E-state index is -0.515. The van der Waals surface area contributed by atoms with Crippen LogP contribution in [0, 0.1) is 5.82 Å². The van der Waals surface area contributed by atoms with Crippen LogP contribution in [0.25, 0.3) is 0 Å². The second-order valence-electron chi connectivity index (χ2n) is 9.98. The fourth-order valence-corrected chi connectivity index (χ4v) is 5.13. The van der Waals surface area contributed by atoms with Crippen molar-refractivity contribution in [3.05, 3.63) is 131 Å². The third kappa shape index (κ3) is 6.95. The van der Waals surface area contributed by atoms with Gasteiger partial charge in [0.05, 0.1) is 16.1 Å². The van der Waals surface area contributed by atoms with E-state index >= 15 is 0 Å². The van der Waals surface area contributed by atoms with Crippen LogP contribution in [-0.4, -0.2) is 60.2 Å². The second-order valence-corrected chi connectivity index (χ2v) is 10.4. The summed E-state index contributed by atoms with van der Waals surface area (Å²) in [4.78, 5) is 44.4. The Morgan fingerprint density at radius 3 is 2.05 bits per heavy atom. The Morgan fingerprint density at radius 1 is 0.762 bits per heavy atom. The van der Waals surface area contributed by atoms with Crippen molar-refractivity contribution < 1.29 is 18.8 Å². The van der Waals surface area contributed by atoms with Gasteiger partial charge in [-0.25, -0.2) is 4.39 Å². The molecule has 9 heteroatoms. The van der Waals surface area contributed by atoms with Crippen LogP contribution in [-0.2, 0) is 11.3 Å². The molecule has 0 aliphatic carbocycles. The highest BCUT2D eigenvalue weighted by atomic mass is 35.5. The van der Waals surface area contributed by atoms with E-state index in [1.807, 2.05) is 54.6 Å². The van der Waals surface area contributed by atoms with E-state index in [1.165, 1.54) is 17.0 Å². The number of amides is 3. The Labute approximate surface area is 249 Å². The van der Waals surface area contributed by atoms with Gasteiger partial charge in [-0.1, -0.05) is 66.2 Å². The zero-order chi connectivity index (χ0) is 29.5. The van der Waals surface area contributed by atoms with E-state index in [1.54, 1.807) is 41.3 Å². The molecule has 0 bridgehead atoms. The van der Waals surface area contributed by atoms with Crippen LogP contribution in [0.1, 0.15) is 26.3 Å². The van der Waals surface area contributed by atoms with E-state index in [0.29, 0.717) is 42.5 Å². The van der Waals surface area contributed by atoms with Crippen molar-refractivity contribution in [1.82, 2.24) is 9.80 Å². The van der Waals surface area contributed by atoms with Crippen LogP contribution >= 0.6 is 11.6 Å². The summed E-state index contributed by atoms with van der Waals surface area (Å²) in [5.41, 5.74) is 2.86. The fourth-order valence-electron chi connectivity index (χ4n) is 4.91. The molecule has 0 spiro atoms. The first-order valence-corrected chi connectivity index (χ1v) is 14.0. The van der Waals surface area contributed by atoms with Crippen LogP contribution in [0.15, 0.2) is 103 Å². The maximum Gasteiger partial charge on any atom is 0.256 e. The molecule has 0 saturated carbocycles. The maximum atomic E-state index is 14.1. The Morgan fingerprint density at radius 2 is 1.38 bits per heavy atom. The van der Waals surface area contributed by atoms with Crippen molar-refractivity contribution in [3.8, 4) is 0 Å². The number of carbonyl (C=O) groups is 3. The lowest BCUT2D eigenvalue weighted by Crippen LogP contribution is -2.49. The van der Waals surface area contributed by atoms with Crippen molar-refractivity contribution in [2.24, 2.45) is 0 Å². The maximum absolute atomic E-state index is 14.1. The van der Waals surface area contributed by atoms with Gasteiger partial charge < -0.3 is 20.0 Å². The Balaban J connectivity index is 1.19. The summed E-state index contributed by atoms with van der Waals surface area (Å²) in [5.74, 6) is -1.49. The van der Waals surface area contributed by atoms with Crippen LogP contribution in [0.3, 0.4) is 0 Å². The average Bonchev–Trinajstić information content (AvgIpc) is 3.01. The van der Waals surface area contributed by atoms with E-state index in [4.69, 9.17) is 11.6 Å². The molecule has 4 aromatic carbocycles. The Kier molecular flexibility index (Phi) is 9.14. The molecule has 7 nitrogen and oxygen atoms in total. The first-order chi connectivity index (χ1) is 20.4. The minimum absolute atomic E-state index is 0.0851.